The van der Waals surface area contributed by atoms with Gasteiger partial charge in [-0.3, -0.25) is 4.79 Å². The Kier molecular flexibility index (Phi) is 6.15. The van der Waals surface area contributed by atoms with E-state index in [1.54, 1.807) is 23.7 Å². The van der Waals surface area contributed by atoms with Crippen molar-refractivity contribution in [2.24, 2.45) is 0 Å². The molecule has 1 aliphatic heterocycles. The number of nitrogens with zero attached hydrogens (tertiary/aromatic N) is 2. The number of thioether (sulfide) groups is 1. The van der Waals surface area contributed by atoms with E-state index in [1.807, 2.05) is 37.8 Å². The van der Waals surface area contributed by atoms with E-state index >= 15 is 0 Å². The van der Waals surface area contributed by atoms with Crippen molar-refractivity contribution in [3.8, 4) is 0 Å². The number of hydrogen-bond donors (Lipinski definition) is 1. The van der Waals surface area contributed by atoms with Crippen LogP contribution >= 0.6 is 11.8 Å². The van der Waals surface area contributed by atoms with Crippen LogP contribution in [0.5, 0.6) is 0 Å². The first-order valence-electron chi connectivity index (χ1n) is 8.34. The summed E-state index contributed by atoms with van der Waals surface area (Å²) in [4.78, 5) is 28.1. The fourth-order valence-electron chi connectivity index (χ4n) is 2.72. The molecule has 0 unspecified atom stereocenters. The van der Waals surface area contributed by atoms with Crippen LogP contribution in [0.1, 0.15) is 37.3 Å². The molecule has 1 saturated heterocycles. The van der Waals surface area contributed by atoms with E-state index in [0.717, 1.165) is 0 Å². The summed E-state index contributed by atoms with van der Waals surface area (Å²) in [7, 11) is 1.76. The van der Waals surface area contributed by atoms with E-state index in [-0.39, 0.29) is 28.6 Å². The van der Waals surface area contributed by atoms with Crippen LogP contribution in [0.4, 0.5) is 4.79 Å². The molecule has 6 heteroatoms. The minimum atomic E-state index is -0.107. The van der Waals surface area contributed by atoms with E-state index in [2.05, 4.69) is 24.4 Å². The Morgan fingerprint density at radius 3 is 2.67 bits per heavy atom. The van der Waals surface area contributed by atoms with Crippen molar-refractivity contribution in [3.05, 3.63) is 35.4 Å². The molecule has 1 aliphatic rings. The zero-order valence-electron chi connectivity index (χ0n) is 15.1. The van der Waals surface area contributed by atoms with Crippen molar-refractivity contribution >= 4 is 23.7 Å². The third-order valence-corrected chi connectivity index (χ3v) is 5.51. The van der Waals surface area contributed by atoms with Crippen LogP contribution in [0.3, 0.4) is 0 Å². The highest BCUT2D eigenvalue weighted by atomic mass is 32.2. The first-order chi connectivity index (χ1) is 11.3. The zero-order valence-corrected chi connectivity index (χ0v) is 15.9. The topological polar surface area (TPSA) is 52.7 Å². The summed E-state index contributed by atoms with van der Waals surface area (Å²) < 4.78 is 0. The van der Waals surface area contributed by atoms with Gasteiger partial charge in [0.2, 0.25) is 5.91 Å². The van der Waals surface area contributed by atoms with Gasteiger partial charge in [-0.1, -0.05) is 24.3 Å². The van der Waals surface area contributed by atoms with Crippen LogP contribution < -0.4 is 5.32 Å². The van der Waals surface area contributed by atoms with Crippen molar-refractivity contribution in [2.45, 2.75) is 44.4 Å². The average Bonchev–Trinajstić information content (AvgIpc) is 2.80. The molecule has 2 rings (SSSR count). The molecule has 1 N–H and O–H groups in total. The number of hydrogen-bond acceptors (Lipinski definition) is 3. The maximum Gasteiger partial charge on any atom is 0.317 e. The van der Waals surface area contributed by atoms with Gasteiger partial charge in [-0.15, -0.1) is 11.8 Å². The molecule has 3 amide bonds. The highest BCUT2D eigenvalue weighted by Crippen LogP contribution is 2.43. The number of nitrogens with one attached hydrogen (secondary N) is 1. The van der Waals surface area contributed by atoms with Crippen LogP contribution in [0.15, 0.2) is 24.3 Å². The third-order valence-electron chi connectivity index (χ3n) is 4.14. The Morgan fingerprint density at radius 1 is 1.38 bits per heavy atom. The Bertz CT molecular complexity index is 606. The molecule has 1 heterocycles. The zero-order chi connectivity index (χ0) is 17.9. The molecule has 0 spiro atoms. The van der Waals surface area contributed by atoms with Crippen LogP contribution in [0.2, 0.25) is 0 Å². The molecule has 2 atom stereocenters. The summed E-state index contributed by atoms with van der Waals surface area (Å²) in [5.74, 6) is 0.144. The van der Waals surface area contributed by atoms with Crippen molar-refractivity contribution in [1.29, 1.82) is 0 Å². The molecule has 5 nitrogen and oxygen atoms in total. The minimum absolute atomic E-state index is 0.0234. The minimum Gasteiger partial charge on any atom is -0.336 e. The highest BCUT2D eigenvalue weighted by Gasteiger charge is 2.38. The second kappa shape index (κ2) is 7.92. The molecule has 132 valence electrons. The first-order valence-corrected chi connectivity index (χ1v) is 9.28. The van der Waals surface area contributed by atoms with Gasteiger partial charge < -0.3 is 15.1 Å². The predicted octanol–water partition coefficient (Wildman–Crippen LogP) is 3.01. The van der Waals surface area contributed by atoms with Crippen LogP contribution in [0, 0.1) is 6.92 Å². The van der Waals surface area contributed by atoms with Gasteiger partial charge in [0.05, 0.1) is 5.25 Å². The third kappa shape index (κ3) is 4.23. The van der Waals surface area contributed by atoms with Gasteiger partial charge in [-0.25, -0.2) is 4.79 Å². The summed E-state index contributed by atoms with van der Waals surface area (Å²) in [6, 6.07) is 8.17. The maximum atomic E-state index is 12.5. The molecule has 24 heavy (non-hydrogen) atoms. The van der Waals surface area contributed by atoms with Gasteiger partial charge in [-0.05, 0) is 38.8 Å². The smallest absolute Gasteiger partial charge is 0.317 e. The SMILES string of the molecule is Cc1ccccc1[C@@H]1S[C@@H](C)C(=O)N1CCN(C)C(=O)NC(C)C. The summed E-state index contributed by atoms with van der Waals surface area (Å²) in [5, 5.41) is 2.84. The van der Waals surface area contributed by atoms with E-state index < -0.39 is 0 Å². The molecule has 0 radical (unpaired) electrons. The van der Waals surface area contributed by atoms with E-state index in [0.29, 0.717) is 13.1 Å². The summed E-state index contributed by atoms with van der Waals surface area (Å²) in [6.45, 7) is 8.94. The van der Waals surface area contributed by atoms with Gasteiger partial charge in [-0.2, -0.15) is 0 Å². The number of benzene rings is 1. The van der Waals surface area contributed by atoms with Crippen molar-refractivity contribution in [1.82, 2.24) is 15.1 Å². The fourth-order valence-corrected chi connectivity index (χ4v) is 4.13. The lowest BCUT2D eigenvalue weighted by molar-refractivity contribution is -0.129. The van der Waals surface area contributed by atoms with Gasteiger partial charge in [0.25, 0.3) is 0 Å². The van der Waals surface area contributed by atoms with Crippen LogP contribution in [0.25, 0.3) is 0 Å². The number of amides is 3. The van der Waals surface area contributed by atoms with Gasteiger partial charge in [0.1, 0.15) is 5.37 Å². The van der Waals surface area contributed by atoms with Crippen molar-refractivity contribution in [3.63, 3.8) is 0 Å². The molecule has 1 aromatic rings. The molecule has 1 fully saturated rings. The number of carbonyl (C=O) groups excluding carboxylic acids is 2. The molecule has 0 aromatic heterocycles. The second-order valence-electron chi connectivity index (χ2n) is 6.54. The molecule has 1 aromatic carbocycles. The molecule has 0 bridgehead atoms. The molecular formula is C18H27N3O2S. The van der Waals surface area contributed by atoms with Crippen LogP contribution in [-0.2, 0) is 4.79 Å². The predicted molar refractivity (Wildman–Crippen MR) is 99.0 cm³/mol. The summed E-state index contributed by atoms with van der Waals surface area (Å²) in [6.07, 6.45) is 0. The Morgan fingerprint density at radius 2 is 2.04 bits per heavy atom. The number of rotatable bonds is 5. The van der Waals surface area contributed by atoms with E-state index in [9.17, 15) is 9.59 Å². The standard InChI is InChI=1S/C18H27N3O2S/c1-12(2)19-18(23)20(5)10-11-21-16(22)14(4)24-17(21)15-9-7-6-8-13(15)3/h6-9,12,14,17H,10-11H2,1-5H3,(H,19,23)/t14-,17-/m0/s1. The lowest BCUT2D eigenvalue weighted by Gasteiger charge is -2.28. The molecular weight excluding hydrogens is 322 g/mol. The highest BCUT2D eigenvalue weighted by molar-refractivity contribution is 8.01. The van der Waals surface area contributed by atoms with Crippen molar-refractivity contribution in [2.75, 3.05) is 20.1 Å². The lowest BCUT2D eigenvalue weighted by atomic mass is 10.1. The normalized spacial score (nSPS) is 20.6. The number of likely N-dealkylation sites (N-methyl/N-ethyl adjacent to an activating group) is 1. The fraction of sp³-hybridized carbons (Fsp3) is 0.556. The summed E-state index contributed by atoms with van der Waals surface area (Å²) >= 11 is 1.68. The summed E-state index contributed by atoms with van der Waals surface area (Å²) in [5.41, 5.74) is 2.36. The Labute approximate surface area is 148 Å². The monoisotopic (exact) mass is 349 g/mol. The largest absolute Gasteiger partial charge is 0.336 e. The lowest BCUT2D eigenvalue weighted by Crippen LogP contribution is -2.44. The van der Waals surface area contributed by atoms with Gasteiger partial charge in [0.15, 0.2) is 0 Å². The number of aryl methyl sites for hydroxylation is 1. The van der Waals surface area contributed by atoms with Gasteiger partial charge >= 0.3 is 6.03 Å². The molecule has 0 aliphatic carbocycles. The Balaban J connectivity index is 2.07. The number of urea groups is 1. The van der Waals surface area contributed by atoms with Gasteiger partial charge in [0, 0.05) is 26.2 Å². The maximum absolute atomic E-state index is 12.5. The van der Waals surface area contributed by atoms with Crippen LogP contribution in [-0.4, -0.2) is 53.2 Å². The second-order valence-corrected chi connectivity index (χ2v) is 7.97. The van der Waals surface area contributed by atoms with Crippen molar-refractivity contribution < 1.29 is 9.59 Å². The Hall–Kier alpha value is -1.69. The quantitative estimate of drug-likeness (QED) is 0.889. The average molecular weight is 350 g/mol. The molecule has 0 saturated carbocycles. The number of carbonyl (C=O) groups is 2. The first kappa shape index (κ1) is 18.6. The van der Waals surface area contributed by atoms with E-state index in [4.69, 9.17) is 0 Å². The van der Waals surface area contributed by atoms with E-state index in [1.165, 1.54) is 11.1 Å².